The Labute approximate surface area is 182 Å². The number of fused-ring (bicyclic) bond motifs is 1. The van der Waals surface area contributed by atoms with E-state index in [1.54, 1.807) is 29.4 Å². The maximum atomic E-state index is 12.9. The molecular formula is C21H21N7O2S. The highest BCUT2D eigenvalue weighted by atomic mass is 32.1. The highest BCUT2D eigenvalue weighted by Gasteiger charge is 2.20. The summed E-state index contributed by atoms with van der Waals surface area (Å²) < 4.78 is 3.10. The van der Waals surface area contributed by atoms with Gasteiger partial charge in [-0.25, -0.2) is 14.3 Å². The number of benzene rings is 1. The number of pyridine rings is 1. The minimum atomic E-state index is -0.325. The number of aryl methyl sites for hydroxylation is 1. The highest BCUT2D eigenvalue weighted by molar-refractivity contribution is 7.12. The Morgan fingerprint density at radius 1 is 1.16 bits per heavy atom. The number of anilines is 2. The van der Waals surface area contributed by atoms with E-state index >= 15 is 0 Å². The third-order valence-electron chi connectivity index (χ3n) is 5.38. The lowest BCUT2D eigenvalue weighted by Crippen LogP contribution is -2.43. The van der Waals surface area contributed by atoms with Crippen LogP contribution in [-0.2, 0) is 7.05 Å². The molecule has 0 aliphatic carbocycles. The Hall–Kier alpha value is -3.50. The van der Waals surface area contributed by atoms with Gasteiger partial charge in [-0.1, -0.05) is 12.1 Å². The summed E-state index contributed by atoms with van der Waals surface area (Å²) in [5.74, 6) is 0.111. The molecule has 4 aromatic rings. The Kier molecular flexibility index (Phi) is 5.00. The second-order valence-electron chi connectivity index (χ2n) is 7.26. The van der Waals surface area contributed by atoms with Crippen molar-refractivity contribution in [2.45, 2.75) is 0 Å². The smallest absolute Gasteiger partial charge is 0.334 e. The Morgan fingerprint density at radius 2 is 1.94 bits per heavy atom. The van der Waals surface area contributed by atoms with Gasteiger partial charge in [0.25, 0.3) is 5.91 Å². The van der Waals surface area contributed by atoms with Crippen molar-refractivity contribution in [3.05, 3.63) is 63.6 Å². The second-order valence-corrected chi connectivity index (χ2v) is 8.12. The van der Waals surface area contributed by atoms with E-state index in [-0.39, 0.29) is 16.6 Å². The first-order chi connectivity index (χ1) is 15.1. The fraction of sp³-hybridized carbons (Fsp3) is 0.238. The number of aromatic nitrogens is 4. The average Bonchev–Trinajstić information content (AvgIpc) is 3.38. The lowest BCUT2D eigenvalue weighted by molar-refractivity contribution is 0.102. The SMILES string of the molecule is Cn1c(=O)n(-c2csc(C(=O)Nc3cnccc3N3CCNCC3)n2)c2ccccc21. The van der Waals surface area contributed by atoms with Crippen LogP contribution in [-0.4, -0.2) is 51.2 Å². The molecule has 1 aliphatic rings. The second kappa shape index (κ2) is 7.97. The summed E-state index contributed by atoms with van der Waals surface area (Å²) in [5.41, 5.74) is 2.94. The van der Waals surface area contributed by atoms with Crippen LogP contribution in [0, 0.1) is 0 Å². The molecule has 4 heterocycles. The maximum absolute atomic E-state index is 12.9. The van der Waals surface area contributed by atoms with Crippen molar-refractivity contribution in [1.29, 1.82) is 0 Å². The Bertz CT molecular complexity index is 1320. The summed E-state index contributed by atoms with van der Waals surface area (Å²) in [5, 5.41) is 8.27. The molecule has 10 heteroatoms. The van der Waals surface area contributed by atoms with Gasteiger partial charge in [0.15, 0.2) is 10.8 Å². The van der Waals surface area contributed by atoms with Crippen LogP contribution in [0.5, 0.6) is 0 Å². The van der Waals surface area contributed by atoms with E-state index in [0.29, 0.717) is 11.5 Å². The van der Waals surface area contributed by atoms with Crippen molar-refractivity contribution in [2.24, 2.45) is 7.05 Å². The molecule has 158 valence electrons. The van der Waals surface area contributed by atoms with Crippen LogP contribution < -0.4 is 21.2 Å². The van der Waals surface area contributed by atoms with Gasteiger partial charge in [-0.3, -0.25) is 14.3 Å². The van der Waals surface area contributed by atoms with Crippen LogP contribution >= 0.6 is 11.3 Å². The van der Waals surface area contributed by atoms with Gasteiger partial charge >= 0.3 is 5.69 Å². The molecule has 1 aromatic carbocycles. The summed E-state index contributed by atoms with van der Waals surface area (Å²) >= 11 is 1.20. The lowest BCUT2D eigenvalue weighted by atomic mass is 10.2. The van der Waals surface area contributed by atoms with E-state index in [9.17, 15) is 9.59 Å². The van der Waals surface area contributed by atoms with Crippen molar-refractivity contribution in [3.8, 4) is 5.82 Å². The van der Waals surface area contributed by atoms with Crippen LogP contribution in [0.25, 0.3) is 16.9 Å². The number of hydrogen-bond donors (Lipinski definition) is 2. The first kappa shape index (κ1) is 19.5. The van der Waals surface area contributed by atoms with E-state index in [4.69, 9.17) is 0 Å². The van der Waals surface area contributed by atoms with Crippen LogP contribution in [0.3, 0.4) is 0 Å². The summed E-state index contributed by atoms with van der Waals surface area (Å²) in [6.07, 6.45) is 3.38. The average molecular weight is 436 g/mol. The van der Waals surface area contributed by atoms with E-state index in [1.807, 2.05) is 30.3 Å². The van der Waals surface area contributed by atoms with Crippen molar-refractivity contribution >= 4 is 39.7 Å². The van der Waals surface area contributed by atoms with Gasteiger partial charge in [0.05, 0.1) is 28.6 Å². The summed E-state index contributed by atoms with van der Waals surface area (Å²) in [7, 11) is 1.72. The van der Waals surface area contributed by atoms with Crippen LogP contribution in [0.4, 0.5) is 11.4 Å². The summed E-state index contributed by atoms with van der Waals surface area (Å²) in [4.78, 5) is 36.5. The zero-order valence-corrected chi connectivity index (χ0v) is 17.7. The topological polar surface area (TPSA) is 97.1 Å². The van der Waals surface area contributed by atoms with Crippen molar-refractivity contribution in [2.75, 3.05) is 36.4 Å². The van der Waals surface area contributed by atoms with Crippen molar-refractivity contribution in [3.63, 3.8) is 0 Å². The van der Waals surface area contributed by atoms with E-state index in [2.05, 4.69) is 25.5 Å². The molecule has 0 spiro atoms. The minimum Gasteiger partial charge on any atom is -0.367 e. The largest absolute Gasteiger partial charge is 0.367 e. The van der Waals surface area contributed by atoms with Gasteiger partial charge in [-0.15, -0.1) is 11.3 Å². The van der Waals surface area contributed by atoms with Gasteiger partial charge in [-0.05, 0) is 18.2 Å². The molecule has 0 atom stereocenters. The fourth-order valence-corrected chi connectivity index (χ4v) is 4.51. The number of amides is 1. The molecule has 0 saturated carbocycles. The Balaban J connectivity index is 1.44. The molecule has 9 nitrogen and oxygen atoms in total. The number of thiazole rings is 1. The number of carbonyl (C=O) groups is 1. The molecule has 1 fully saturated rings. The normalized spacial score (nSPS) is 14.2. The number of nitrogens with one attached hydrogen (secondary N) is 2. The number of nitrogens with zero attached hydrogens (tertiary/aromatic N) is 5. The van der Waals surface area contributed by atoms with Gasteiger partial charge in [0.2, 0.25) is 0 Å². The third kappa shape index (κ3) is 3.49. The molecule has 1 aliphatic heterocycles. The van der Waals surface area contributed by atoms with Crippen LogP contribution in [0.2, 0.25) is 0 Å². The zero-order chi connectivity index (χ0) is 21.4. The number of carbonyl (C=O) groups excluding carboxylic acids is 1. The van der Waals surface area contributed by atoms with Gasteiger partial charge in [-0.2, -0.15) is 0 Å². The molecule has 1 saturated heterocycles. The molecule has 0 unspecified atom stereocenters. The standard InChI is InChI=1S/C21H21N7O2S/c1-26-16-4-2-3-5-17(16)28(21(26)30)18-13-31-20(25-18)19(29)24-14-12-23-7-6-15(14)27-10-8-22-9-11-27/h2-7,12-13,22H,8-11H2,1H3,(H,24,29). The predicted molar refractivity (Wildman–Crippen MR) is 121 cm³/mol. The molecule has 2 N–H and O–H groups in total. The molecule has 0 radical (unpaired) electrons. The molecular weight excluding hydrogens is 414 g/mol. The quantitative estimate of drug-likeness (QED) is 0.508. The van der Waals surface area contributed by atoms with Gasteiger partial charge in [0.1, 0.15) is 0 Å². The van der Waals surface area contributed by atoms with Crippen LogP contribution in [0.15, 0.2) is 52.9 Å². The monoisotopic (exact) mass is 435 g/mol. The van der Waals surface area contributed by atoms with Gasteiger partial charge < -0.3 is 15.5 Å². The van der Waals surface area contributed by atoms with Crippen molar-refractivity contribution in [1.82, 2.24) is 24.4 Å². The number of imidazole rings is 1. The van der Waals surface area contributed by atoms with Crippen molar-refractivity contribution < 1.29 is 4.79 Å². The van der Waals surface area contributed by atoms with E-state index in [1.165, 1.54) is 15.9 Å². The number of hydrogen-bond acceptors (Lipinski definition) is 7. The lowest BCUT2D eigenvalue weighted by Gasteiger charge is -2.30. The third-order valence-corrected chi connectivity index (χ3v) is 6.21. The molecule has 0 bridgehead atoms. The highest BCUT2D eigenvalue weighted by Crippen LogP contribution is 2.26. The first-order valence-electron chi connectivity index (χ1n) is 9.97. The molecule has 1 amide bonds. The Morgan fingerprint density at radius 3 is 2.74 bits per heavy atom. The number of rotatable bonds is 4. The van der Waals surface area contributed by atoms with E-state index in [0.717, 1.165) is 42.9 Å². The summed E-state index contributed by atoms with van der Waals surface area (Å²) in [6.45, 7) is 3.51. The predicted octanol–water partition coefficient (Wildman–Crippen LogP) is 1.84. The zero-order valence-electron chi connectivity index (χ0n) is 16.9. The minimum absolute atomic E-state index is 0.202. The van der Waals surface area contributed by atoms with Gasteiger partial charge in [0, 0.05) is 44.8 Å². The fourth-order valence-electron chi connectivity index (χ4n) is 3.83. The first-order valence-corrected chi connectivity index (χ1v) is 10.8. The summed E-state index contributed by atoms with van der Waals surface area (Å²) in [6, 6.07) is 9.41. The molecule has 31 heavy (non-hydrogen) atoms. The van der Waals surface area contributed by atoms with E-state index < -0.39 is 0 Å². The molecule has 5 rings (SSSR count). The van der Waals surface area contributed by atoms with Crippen LogP contribution in [0.1, 0.15) is 9.80 Å². The maximum Gasteiger partial charge on any atom is 0.334 e. The molecule has 3 aromatic heterocycles. The number of piperazine rings is 1. The number of para-hydroxylation sites is 2.